The van der Waals surface area contributed by atoms with E-state index in [1.807, 2.05) is 24.3 Å². The number of benzene rings is 1. The quantitative estimate of drug-likeness (QED) is 0.796. The first-order valence-electron chi connectivity index (χ1n) is 6.41. The molecule has 20 heavy (non-hydrogen) atoms. The highest BCUT2D eigenvalue weighted by Gasteiger charge is 2.13. The summed E-state index contributed by atoms with van der Waals surface area (Å²) in [6, 6.07) is 11.9. The SMILES string of the molecule is COc1ccc(CC(O)c2cccc3ccsc23)cn1. The third-order valence-electron chi connectivity index (χ3n) is 3.30. The molecule has 0 amide bonds. The highest BCUT2D eigenvalue weighted by Crippen LogP contribution is 2.30. The Morgan fingerprint density at radius 2 is 2.15 bits per heavy atom. The molecule has 0 aliphatic heterocycles. The summed E-state index contributed by atoms with van der Waals surface area (Å²) in [5.41, 5.74) is 1.97. The summed E-state index contributed by atoms with van der Waals surface area (Å²) >= 11 is 1.66. The zero-order valence-electron chi connectivity index (χ0n) is 11.1. The number of aliphatic hydroxyl groups is 1. The van der Waals surface area contributed by atoms with Gasteiger partial charge < -0.3 is 9.84 Å². The van der Waals surface area contributed by atoms with Crippen LogP contribution in [-0.2, 0) is 6.42 Å². The van der Waals surface area contributed by atoms with Crippen molar-refractivity contribution in [3.63, 3.8) is 0 Å². The third-order valence-corrected chi connectivity index (χ3v) is 4.28. The molecule has 1 aromatic carbocycles. The van der Waals surface area contributed by atoms with Gasteiger partial charge in [-0.1, -0.05) is 24.3 Å². The minimum absolute atomic E-state index is 0.521. The average molecular weight is 285 g/mol. The molecular weight excluding hydrogens is 270 g/mol. The Bertz CT molecular complexity index is 706. The maximum absolute atomic E-state index is 10.5. The number of thiophene rings is 1. The zero-order valence-corrected chi connectivity index (χ0v) is 11.9. The first kappa shape index (κ1) is 13.1. The molecule has 0 bridgehead atoms. The number of fused-ring (bicyclic) bond motifs is 1. The fourth-order valence-electron chi connectivity index (χ4n) is 2.26. The van der Waals surface area contributed by atoms with Crippen LogP contribution in [0.25, 0.3) is 10.1 Å². The predicted octanol–water partition coefficient (Wildman–Crippen LogP) is 3.58. The second kappa shape index (κ2) is 5.61. The summed E-state index contributed by atoms with van der Waals surface area (Å²) in [5.74, 6) is 0.587. The normalized spacial score (nSPS) is 12.5. The van der Waals surface area contributed by atoms with Crippen LogP contribution in [0, 0.1) is 0 Å². The second-order valence-electron chi connectivity index (χ2n) is 4.61. The van der Waals surface area contributed by atoms with E-state index in [0.717, 1.165) is 15.8 Å². The van der Waals surface area contributed by atoms with E-state index in [9.17, 15) is 5.11 Å². The van der Waals surface area contributed by atoms with Crippen LogP contribution < -0.4 is 4.74 Å². The van der Waals surface area contributed by atoms with Crippen LogP contribution in [0.5, 0.6) is 5.88 Å². The smallest absolute Gasteiger partial charge is 0.212 e. The van der Waals surface area contributed by atoms with E-state index in [2.05, 4.69) is 22.5 Å². The van der Waals surface area contributed by atoms with Crippen molar-refractivity contribution in [3.05, 3.63) is 59.1 Å². The van der Waals surface area contributed by atoms with Gasteiger partial charge in [-0.25, -0.2) is 4.98 Å². The Balaban J connectivity index is 1.84. The minimum atomic E-state index is -0.521. The summed E-state index contributed by atoms with van der Waals surface area (Å²) < 4.78 is 6.19. The summed E-state index contributed by atoms with van der Waals surface area (Å²) in [6.07, 6.45) is 1.78. The molecule has 0 saturated carbocycles. The van der Waals surface area contributed by atoms with Gasteiger partial charge >= 0.3 is 0 Å². The van der Waals surface area contributed by atoms with E-state index in [0.29, 0.717) is 12.3 Å². The van der Waals surface area contributed by atoms with Crippen LogP contribution in [0.4, 0.5) is 0 Å². The topological polar surface area (TPSA) is 42.4 Å². The van der Waals surface area contributed by atoms with Crippen LogP contribution in [0.15, 0.2) is 48.0 Å². The van der Waals surface area contributed by atoms with Gasteiger partial charge in [0.2, 0.25) is 5.88 Å². The molecule has 3 nitrogen and oxygen atoms in total. The highest BCUT2D eigenvalue weighted by atomic mass is 32.1. The molecule has 1 N–H and O–H groups in total. The number of methoxy groups -OCH3 is 1. The number of aliphatic hydroxyl groups excluding tert-OH is 1. The van der Waals surface area contributed by atoms with Crippen molar-refractivity contribution in [2.24, 2.45) is 0 Å². The van der Waals surface area contributed by atoms with Gasteiger partial charge in [0.15, 0.2) is 0 Å². The molecule has 0 spiro atoms. The van der Waals surface area contributed by atoms with Gasteiger partial charge in [0.25, 0.3) is 0 Å². The molecule has 1 unspecified atom stereocenters. The molecule has 0 fully saturated rings. The Morgan fingerprint density at radius 3 is 2.90 bits per heavy atom. The highest BCUT2D eigenvalue weighted by molar-refractivity contribution is 7.17. The number of hydrogen-bond acceptors (Lipinski definition) is 4. The van der Waals surface area contributed by atoms with Gasteiger partial charge in [0.05, 0.1) is 13.2 Å². The molecule has 0 aliphatic rings. The first-order chi connectivity index (χ1) is 9.78. The van der Waals surface area contributed by atoms with E-state index in [-0.39, 0.29) is 0 Å². The van der Waals surface area contributed by atoms with Crippen molar-refractivity contribution in [2.75, 3.05) is 7.11 Å². The lowest BCUT2D eigenvalue weighted by molar-refractivity contribution is 0.180. The summed E-state index contributed by atoms with van der Waals surface area (Å²) in [4.78, 5) is 4.17. The van der Waals surface area contributed by atoms with Gasteiger partial charge in [0, 0.05) is 23.4 Å². The summed E-state index contributed by atoms with van der Waals surface area (Å²) in [6.45, 7) is 0. The molecule has 4 heteroatoms. The zero-order chi connectivity index (χ0) is 13.9. The van der Waals surface area contributed by atoms with Gasteiger partial charge in [0.1, 0.15) is 0 Å². The van der Waals surface area contributed by atoms with Crippen LogP contribution in [0.2, 0.25) is 0 Å². The number of pyridine rings is 1. The lowest BCUT2D eigenvalue weighted by atomic mass is 10.0. The number of aromatic nitrogens is 1. The maximum Gasteiger partial charge on any atom is 0.212 e. The van der Waals surface area contributed by atoms with Crippen LogP contribution >= 0.6 is 11.3 Å². The molecule has 2 heterocycles. The van der Waals surface area contributed by atoms with Crippen LogP contribution in [-0.4, -0.2) is 17.2 Å². The molecule has 0 aliphatic carbocycles. The van der Waals surface area contributed by atoms with Crippen molar-refractivity contribution >= 4 is 21.4 Å². The Hall–Kier alpha value is -1.91. The molecule has 3 aromatic rings. The Kier molecular flexibility index (Phi) is 3.67. The summed E-state index contributed by atoms with van der Waals surface area (Å²) in [5, 5.41) is 13.7. The molecule has 0 saturated heterocycles. The van der Waals surface area contributed by atoms with E-state index in [1.54, 1.807) is 24.6 Å². The van der Waals surface area contributed by atoms with Crippen LogP contribution in [0.3, 0.4) is 0 Å². The van der Waals surface area contributed by atoms with E-state index >= 15 is 0 Å². The lowest BCUT2D eigenvalue weighted by Crippen LogP contribution is -2.02. The Morgan fingerprint density at radius 1 is 1.25 bits per heavy atom. The van der Waals surface area contributed by atoms with Gasteiger partial charge in [-0.15, -0.1) is 11.3 Å². The standard InChI is InChI=1S/C16H15NO2S/c1-19-15-6-5-11(10-17-15)9-14(18)13-4-2-3-12-7-8-20-16(12)13/h2-8,10,14,18H,9H2,1H3. The first-order valence-corrected chi connectivity index (χ1v) is 7.29. The predicted molar refractivity (Wildman–Crippen MR) is 81.3 cm³/mol. The number of ether oxygens (including phenoxy) is 1. The molecule has 3 rings (SSSR count). The number of hydrogen-bond donors (Lipinski definition) is 1. The molecule has 1 atom stereocenters. The van der Waals surface area contributed by atoms with Crippen molar-refractivity contribution in [2.45, 2.75) is 12.5 Å². The van der Waals surface area contributed by atoms with Gasteiger partial charge in [-0.05, 0) is 28.0 Å². The number of nitrogens with zero attached hydrogens (tertiary/aromatic N) is 1. The van der Waals surface area contributed by atoms with Crippen molar-refractivity contribution in [3.8, 4) is 5.88 Å². The minimum Gasteiger partial charge on any atom is -0.481 e. The van der Waals surface area contributed by atoms with Gasteiger partial charge in [-0.3, -0.25) is 0 Å². The third kappa shape index (κ3) is 2.53. The lowest BCUT2D eigenvalue weighted by Gasteiger charge is -2.12. The largest absolute Gasteiger partial charge is 0.481 e. The monoisotopic (exact) mass is 285 g/mol. The van der Waals surface area contributed by atoms with Crippen molar-refractivity contribution in [1.82, 2.24) is 4.98 Å². The van der Waals surface area contributed by atoms with E-state index in [4.69, 9.17) is 4.74 Å². The molecule has 102 valence electrons. The van der Waals surface area contributed by atoms with Crippen molar-refractivity contribution in [1.29, 1.82) is 0 Å². The Labute approximate surface area is 121 Å². The fraction of sp³-hybridized carbons (Fsp3) is 0.188. The van der Waals surface area contributed by atoms with Crippen molar-refractivity contribution < 1.29 is 9.84 Å². The average Bonchev–Trinajstić information content (AvgIpc) is 2.96. The van der Waals surface area contributed by atoms with E-state index in [1.165, 1.54) is 5.39 Å². The fourth-order valence-corrected chi connectivity index (χ4v) is 3.23. The van der Waals surface area contributed by atoms with Crippen LogP contribution in [0.1, 0.15) is 17.2 Å². The van der Waals surface area contributed by atoms with Gasteiger partial charge in [-0.2, -0.15) is 0 Å². The number of rotatable bonds is 4. The molecule has 0 radical (unpaired) electrons. The molecule has 2 aromatic heterocycles. The maximum atomic E-state index is 10.5. The summed E-state index contributed by atoms with van der Waals surface area (Å²) in [7, 11) is 1.59. The van der Waals surface area contributed by atoms with E-state index < -0.39 is 6.10 Å². The molecular formula is C16H15NO2S. The second-order valence-corrected chi connectivity index (χ2v) is 5.53.